The topological polar surface area (TPSA) is 37.3 Å². The Morgan fingerprint density at radius 3 is 2.71 bits per heavy atom. The third-order valence-electron chi connectivity index (χ3n) is 3.75. The Balaban J connectivity index is 2.28. The molecule has 0 aliphatic heterocycles. The average molecular weight is 194 g/mol. The number of carboxylic acids is 1. The molecule has 0 saturated heterocycles. The molecule has 0 saturated carbocycles. The van der Waals surface area contributed by atoms with E-state index in [-0.39, 0.29) is 5.92 Å². The van der Waals surface area contributed by atoms with Crippen molar-refractivity contribution in [3.63, 3.8) is 0 Å². The Morgan fingerprint density at radius 2 is 2.07 bits per heavy atom. The number of carbonyl (C=O) groups is 1. The van der Waals surface area contributed by atoms with E-state index in [9.17, 15) is 4.79 Å². The summed E-state index contributed by atoms with van der Waals surface area (Å²) in [7, 11) is 0. The standard InChI is InChI=1S/C12H18O2/c1-7-5-8(2)9-3-4-10(12(13)14)11(9)6-7/h7-8,10H,3-6H2,1-2H3,(H,13,14). The summed E-state index contributed by atoms with van der Waals surface area (Å²) in [6.07, 6.45) is 4.14. The highest BCUT2D eigenvalue weighted by Gasteiger charge is 2.36. The van der Waals surface area contributed by atoms with Crippen molar-refractivity contribution in [3.05, 3.63) is 11.1 Å². The Bertz CT molecular complexity index is 291. The van der Waals surface area contributed by atoms with Crippen LogP contribution in [0.5, 0.6) is 0 Å². The summed E-state index contributed by atoms with van der Waals surface area (Å²) in [5.74, 6) is 0.522. The third-order valence-corrected chi connectivity index (χ3v) is 3.75. The zero-order valence-electron chi connectivity index (χ0n) is 8.92. The third kappa shape index (κ3) is 1.47. The summed E-state index contributed by atoms with van der Waals surface area (Å²) in [5.41, 5.74) is 2.74. The molecular weight excluding hydrogens is 176 g/mol. The fraction of sp³-hybridized carbons (Fsp3) is 0.750. The fourth-order valence-electron chi connectivity index (χ4n) is 3.17. The van der Waals surface area contributed by atoms with Gasteiger partial charge in [0.25, 0.3) is 0 Å². The molecule has 0 fully saturated rings. The molecule has 2 nitrogen and oxygen atoms in total. The van der Waals surface area contributed by atoms with Crippen LogP contribution in [-0.4, -0.2) is 11.1 Å². The number of allylic oxidation sites excluding steroid dienone is 1. The maximum atomic E-state index is 11.0. The van der Waals surface area contributed by atoms with Gasteiger partial charge in [-0.15, -0.1) is 0 Å². The molecule has 2 heteroatoms. The number of hydrogen-bond acceptors (Lipinski definition) is 1. The molecule has 0 aromatic heterocycles. The van der Waals surface area contributed by atoms with Crippen molar-refractivity contribution in [3.8, 4) is 0 Å². The maximum Gasteiger partial charge on any atom is 0.310 e. The molecule has 0 heterocycles. The van der Waals surface area contributed by atoms with E-state index in [1.165, 1.54) is 17.6 Å². The fourth-order valence-corrected chi connectivity index (χ4v) is 3.17. The average Bonchev–Trinajstić information content (AvgIpc) is 2.47. The van der Waals surface area contributed by atoms with Crippen LogP contribution in [0.15, 0.2) is 11.1 Å². The van der Waals surface area contributed by atoms with Crippen LogP contribution < -0.4 is 0 Å². The summed E-state index contributed by atoms with van der Waals surface area (Å²) >= 11 is 0. The molecule has 14 heavy (non-hydrogen) atoms. The van der Waals surface area contributed by atoms with Gasteiger partial charge in [0.1, 0.15) is 0 Å². The smallest absolute Gasteiger partial charge is 0.310 e. The number of carboxylic acid groups (broad SMARTS) is 1. The highest BCUT2D eigenvalue weighted by molar-refractivity contribution is 5.75. The second-order valence-electron chi connectivity index (χ2n) is 4.93. The molecule has 0 amide bonds. The minimum absolute atomic E-state index is 0.157. The Kier molecular flexibility index (Phi) is 2.38. The number of aliphatic carboxylic acids is 1. The first kappa shape index (κ1) is 9.75. The van der Waals surface area contributed by atoms with Gasteiger partial charge in [0.05, 0.1) is 5.92 Å². The molecule has 1 N–H and O–H groups in total. The van der Waals surface area contributed by atoms with E-state index in [4.69, 9.17) is 5.11 Å². The van der Waals surface area contributed by atoms with Gasteiger partial charge in [-0.3, -0.25) is 4.79 Å². The van der Waals surface area contributed by atoms with E-state index < -0.39 is 5.97 Å². The first-order valence-corrected chi connectivity index (χ1v) is 5.54. The zero-order valence-corrected chi connectivity index (χ0v) is 8.92. The predicted octanol–water partition coefficient (Wildman–Crippen LogP) is 2.84. The molecule has 78 valence electrons. The first-order valence-electron chi connectivity index (χ1n) is 5.54. The van der Waals surface area contributed by atoms with Crippen LogP contribution in [0.2, 0.25) is 0 Å². The molecule has 2 aliphatic rings. The lowest BCUT2D eigenvalue weighted by Crippen LogP contribution is -2.19. The highest BCUT2D eigenvalue weighted by Crippen LogP contribution is 2.45. The van der Waals surface area contributed by atoms with Crippen molar-refractivity contribution in [2.75, 3.05) is 0 Å². The Hall–Kier alpha value is -0.790. The van der Waals surface area contributed by atoms with Crippen LogP contribution in [0.1, 0.15) is 39.5 Å². The van der Waals surface area contributed by atoms with Crippen LogP contribution in [0.3, 0.4) is 0 Å². The number of rotatable bonds is 1. The van der Waals surface area contributed by atoms with Crippen LogP contribution in [0, 0.1) is 17.8 Å². The molecule has 0 bridgehead atoms. The molecule has 2 rings (SSSR count). The van der Waals surface area contributed by atoms with Crippen molar-refractivity contribution in [1.29, 1.82) is 0 Å². The summed E-state index contributed by atoms with van der Waals surface area (Å²) in [5, 5.41) is 9.09. The summed E-state index contributed by atoms with van der Waals surface area (Å²) in [4.78, 5) is 11.0. The van der Waals surface area contributed by atoms with E-state index >= 15 is 0 Å². The molecule has 0 spiro atoms. The normalized spacial score (nSPS) is 37.1. The van der Waals surface area contributed by atoms with Gasteiger partial charge in [-0.05, 0) is 37.5 Å². The van der Waals surface area contributed by atoms with E-state index in [0.29, 0.717) is 11.8 Å². The van der Waals surface area contributed by atoms with Crippen molar-refractivity contribution in [1.82, 2.24) is 0 Å². The molecule has 0 aromatic carbocycles. The molecule has 0 aromatic rings. The van der Waals surface area contributed by atoms with E-state index in [0.717, 1.165) is 19.3 Å². The van der Waals surface area contributed by atoms with Crippen molar-refractivity contribution >= 4 is 5.97 Å². The minimum atomic E-state index is -0.615. The van der Waals surface area contributed by atoms with Gasteiger partial charge in [-0.1, -0.05) is 25.0 Å². The Labute approximate surface area is 85.0 Å². The van der Waals surface area contributed by atoms with Gasteiger partial charge < -0.3 is 5.11 Å². The van der Waals surface area contributed by atoms with E-state index in [1.54, 1.807) is 0 Å². The number of hydrogen-bond donors (Lipinski definition) is 1. The second kappa shape index (κ2) is 3.41. The quantitative estimate of drug-likeness (QED) is 0.652. The van der Waals surface area contributed by atoms with Crippen LogP contribution in [0.25, 0.3) is 0 Å². The summed E-state index contributed by atoms with van der Waals surface area (Å²) in [6, 6.07) is 0. The monoisotopic (exact) mass is 194 g/mol. The SMILES string of the molecule is CC1CC2=C(CCC2C(=O)O)C(C)C1. The lowest BCUT2D eigenvalue weighted by Gasteiger charge is -2.27. The predicted molar refractivity (Wildman–Crippen MR) is 54.9 cm³/mol. The van der Waals surface area contributed by atoms with E-state index in [2.05, 4.69) is 13.8 Å². The lowest BCUT2D eigenvalue weighted by molar-refractivity contribution is -0.140. The van der Waals surface area contributed by atoms with Crippen molar-refractivity contribution < 1.29 is 9.90 Å². The van der Waals surface area contributed by atoms with Crippen LogP contribution in [-0.2, 0) is 4.79 Å². The summed E-state index contributed by atoms with van der Waals surface area (Å²) in [6.45, 7) is 4.48. The van der Waals surface area contributed by atoms with Crippen LogP contribution in [0.4, 0.5) is 0 Å². The van der Waals surface area contributed by atoms with Gasteiger partial charge >= 0.3 is 5.97 Å². The first-order chi connectivity index (χ1) is 6.59. The largest absolute Gasteiger partial charge is 0.481 e. The van der Waals surface area contributed by atoms with E-state index in [1.807, 2.05) is 0 Å². The second-order valence-corrected chi connectivity index (χ2v) is 4.93. The zero-order chi connectivity index (χ0) is 10.3. The maximum absolute atomic E-state index is 11.0. The van der Waals surface area contributed by atoms with Crippen molar-refractivity contribution in [2.45, 2.75) is 39.5 Å². The van der Waals surface area contributed by atoms with Gasteiger partial charge in [-0.25, -0.2) is 0 Å². The molecule has 0 radical (unpaired) electrons. The Morgan fingerprint density at radius 1 is 1.36 bits per heavy atom. The van der Waals surface area contributed by atoms with Crippen molar-refractivity contribution in [2.24, 2.45) is 17.8 Å². The highest BCUT2D eigenvalue weighted by atomic mass is 16.4. The minimum Gasteiger partial charge on any atom is -0.481 e. The summed E-state index contributed by atoms with van der Waals surface area (Å²) < 4.78 is 0. The molecular formula is C12H18O2. The molecule has 2 aliphatic carbocycles. The van der Waals surface area contributed by atoms with Gasteiger partial charge in [0.2, 0.25) is 0 Å². The van der Waals surface area contributed by atoms with Crippen LogP contribution >= 0.6 is 0 Å². The van der Waals surface area contributed by atoms with Gasteiger partial charge in [0.15, 0.2) is 0 Å². The molecule has 3 unspecified atom stereocenters. The van der Waals surface area contributed by atoms with Gasteiger partial charge in [0, 0.05) is 0 Å². The lowest BCUT2D eigenvalue weighted by atomic mass is 9.78. The van der Waals surface area contributed by atoms with Gasteiger partial charge in [-0.2, -0.15) is 0 Å². The molecule has 3 atom stereocenters.